The fraction of sp³-hybridized carbons (Fsp3) is 0.308. The Morgan fingerprint density at radius 1 is 1.24 bits per heavy atom. The fourth-order valence-electron chi connectivity index (χ4n) is 1.68. The van der Waals surface area contributed by atoms with Crippen LogP contribution in [0.2, 0.25) is 0 Å². The van der Waals surface area contributed by atoms with E-state index in [4.69, 9.17) is 0 Å². The summed E-state index contributed by atoms with van der Waals surface area (Å²) >= 11 is 0. The maximum absolute atomic E-state index is 4.49. The Hall–Kier alpha value is -1.97. The standard InChI is InChI=1S/C13H16N4/c1-4-15-13-16-10(3)7-12(17-13)11-8-14-6-5-9(11)2/h5-8H,4H2,1-3H3,(H,15,16,17). The van der Waals surface area contributed by atoms with Gasteiger partial charge in [-0.3, -0.25) is 4.98 Å². The first-order valence-corrected chi connectivity index (χ1v) is 5.71. The summed E-state index contributed by atoms with van der Waals surface area (Å²) < 4.78 is 0. The van der Waals surface area contributed by atoms with Gasteiger partial charge in [-0.15, -0.1) is 0 Å². The lowest BCUT2D eigenvalue weighted by Crippen LogP contribution is -2.04. The quantitative estimate of drug-likeness (QED) is 0.877. The van der Waals surface area contributed by atoms with Crippen molar-refractivity contribution in [1.82, 2.24) is 15.0 Å². The van der Waals surface area contributed by atoms with Crippen molar-refractivity contribution in [2.45, 2.75) is 20.8 Å². The van der Waals surface area contributed by atoms with Crippen LogP contribution in [0.15, 0.2) is 24.5 Å². The third-order valence-electron chi connectivity index (χ3n) is 2.50. The predicted molar refractivity (Wildman–Crippen MR) is 68.9 cm³/mol. The Bertz CT molecular complexity index is 523. The second-order valence-electron chi connectivity index (χ2n) is 3.94. The molecule has 0 saturated heterocycles. The fourth-order valence-corrected chi connectivity index (χ4v) is 1.68. The van der Waals surface area contributed by atoms with Crippen LogP contribution in [0.5, 0.6) is 0 Å². The average molecular weight is 228 g/mol. The number of hydrogen-bond acceptors (Lipinski definition) is 4. The molecule has 0 saturated carbocycles. The molecule has 0 unspecified atom stereocenters. The molecule has 0 amide bonds. The molecule has 2 aromatic heterocycles. The molecule has 0 bridgehead atoms. The first-order valence-electron chi connectivity index (χ1n) is 5.71. The van der Waals surface area contributed by atoms with E-state index >= 15 is 0 Å². The van der Waals surface area contributed by atoms with Gasteiger partial charge in [0.2, 0.25) is 5.95 Å². The van der Waals surface area contributed by atoms with Crippen LogP contribution in [0.25, 0.3) is 11.3 Å². The first kappa shape index (κ1) is 11.5. The minimum absolute atomic E-state index is 0.672. The zero-order valence-electron chi connectivity index (χ0n) is 10.4. The summed E-state index contributed by atoms with van der Waals surface area (Å²) in [6.45, 7) is 6.87. The maximum Gasteiger partial charge on any atom is 0.223 e. The summed E-state index contributed by atoms with van der Waals surface area (Å²) in [5.74, 6) is 0.672. The van der Waals surface area contributed by atoms with E-state index in [0.717, 1.165) is 23.5 Å². The Morgan fingerprint density at radius 3 is 2.76 bits per heavy atom. The lowest BCUT2D eigenvalue weighted by Gasteiger charge is -2.08. The van der Waals surface area contributed by atoms with Crippen LogP contribution in [0.4, 0.5) is 5.95 Å². The minimum atomic E-state index is 0.672. The topological polar surface area (TPSA) is 50.7 Å². The zero-order chi connectivity index (χ0) is 12.3. The van der Waals surface area contributed by atoms with Gasteiger partial charge in [0.25, 0.3) is 0 Å². The van der Waals surface area contributed by atoms with Crippen LogP contribution in [-0.4, -0.2) is 21.5 Å². The lowest BCUT2D eigenvalue weighted by atomic mass is 10.1. The number of nitrogens with zero attached hydrogens (tertiary/aromatic N) is 3. The van der Waals surface area contributed by atoms with Crippen molar-refractivity contribution in [3.05, 3.63) is 35.8 Å². The molecular formula is C13H16N4. The Morgan fingerprint density at radius 2 is 2.06 bits per heavy atom. The molecule has 17 heavy (non-hydrogen) atoms. The summed E-state index contributed by atoms with van der Waals surface area (Å²) in [5, 5.41) is 3.14. The molecule has 0 aliphatic rings. The van der Waals surface area contributed by atoms with E-state index in [2.05, 4.69) is 27.2 Å². The number of hydrogen-bond donors (Lipinski definition) is 1. The second-order valence-corrected chi connectivity index (χ2v) is 3.94. The molecular weight excluding hydrogens is 212 g/mol. The van der Waals surface area contributed by atoms with Crippen molar-refractivity contribution >= 4 is 5.95 Å². The minimum Gasteiger partial charge on any atom is -0.354 e. The summed E-state index contributed by atoms with van der Waals surface area (Å²) in [5.41, 5.74) is 4.09. The van der Waals surface area contributed by atoms with Crippen LogP contribution in [0, 0.1) is 13.8 Å². The molecule has 2 heterocycles. The van der Waals surface area contributed by atoms with Gasteiger partial charge in [0.05, 0.1) is 5.69 Å². The Balaban J connectivity index is 2.48. The summed E-state index contributed by atoms with van der Waals surface area (Å²) in [7, 11) is 0. The van der Waals surface area contributed by atoms with Crippen molar-refractivity contribution in [3.8, 4) is 11.3 Å². The largest absolute Gasteiger partial charge is 0.354 e. The van der Waals surface area contributed by atoms with Gasteiger partial charge in [-0.25, -0.2) is 9.97 Å². The molecule has 4 heteroatoms. The highest BCUT2D eigenvalue weighted by Crippen LogP contribution is 2.21. The predicted octanol–water partition coefficient (Wildman–Crippen LogP) is 2.59. The molecule has 2 rings (SSSR count). The SMILES string of the molecule is CCNc1nc(C)cc(-c2cnccc2C)n1. The molecule has 88 valence electrons. The highest BCUT2D eigenvalue weighted by Gasteiger charge is 2.06. The monoisotopic (exact) mass is 228 g/mol. The second kappa shape index (κ2) is 4.91. The van der Waals surface area contributed by atoms with E-state index in [1.807, 2.05) is 32.2 Å². The summed E-state index contributed by atoms with van der Waals surface area (Å²) in [4.78, 5) is 13.0. The van der Waals surface area contributed by atoms with E-state index < -0.39 is 0 Å². The third kappa shape index (κ3) is 2.58. The maximum atomic E-state index is 4.49. The van der Waals surface area contributed by atoms with Crippen LogP contribution in [-0.2, 0) is 0 Å². The van der Waals surface area contributed by atoms with E-state index in [-0.39, 0.29) is 0 Å². The molecule has 0 fully saturated rings. The molecule has 4 nitrogen and oxygen atoms in total. The molecule has 0 aliphatic carbocycles. The van der Waals surface area contributed by atoms with Gasteiger partial charge < -0.3 is 5.32 Å². The first-order chi connectivity index (χ1) is 8.20. The molecule has 0 aromatic carbocycles. The van der Waals surface area contributed by atoms with Gasteiger partial charge in [0.15, 0.2) is 0 Å². The van der Waals surface area contributed by atoms with Gasteiger partial charge in [0, 0.05) is 30.2 Å². The molecule has 0 aliphatic heterocycles. The molecule has 2 aromatic rings. The number of rotatable bonds is 3. The van der Waals surface area contributed by atoms with Crippen molar-refractivity contribution in [3.63, 3.8) is 0 Å². The Kier molecular flexibility index (Phi) is 3.32. The van der Waals surface area contributed by atoms with Crippen molar-refractivity contribution in [2.75, 3.05) is 11.9 Å². The average Bonchev–Trinajstić information content (AvgIpc) is 2.29. The highest BCUT2D eigenvalue weighted by atomic mass is 15.1. The zero-order valence-corrected chi connectivity index (χ0v) is 10.4. The van der Waals surface area contributed by atoms with Crippen LogP contribution < -0.4 is 5.32 Å². The third-order valence-corrected chi connectivity index (χ3v) is 2.50. The van der Waals surface area contributed by atoms with E-state index in [1.54, 1.807) is 6.20 Å². The van der Waals surface area contributed by atoms with Crippen molar-refractivity contribution in [1.29, 1.82) is 0 Å². The number of nitrogens with one attached hydrogen (secondary N) is 1. The number of pyridine rings is 1. The number of aromatic nitrogens is 3. The smallest absolute Gasteiger partial charge is 0.223 e. The van der Waals surface area contributed by atoms with E-state index in [0.29, 0.717) is 5.95 Å². The van der Waals surface area contributed by atoms with Gasteiger partial charge in [-0.1, -0.05) is 0 Å². The normalized spacial score (nSPS) is 10.3. The molecule has 0 atom stereocenters. The van der Waals surface area contributed by atoms with Gasteiger partial charge in [-0.2, -0.15) is 0 Å². The number of anilines is 1. The van der Waals surface area contributed by atoms with Crippen molar-refractivity contribution < 1.29 is 0 Å². The van der Waals surface area contributed by atoms with Crippen LogP contribution >= 0.6 is 0 Å². The molecule has 0 spiro atoms. The molecule has 0 radical (unpaired) electrons. The van der Waals surface area contributed by atoms with Gasteiger partial charge >= 0.3 is 0 Å². The summed E-state index contributed by atoms with van der Waals surface area (Å²) in [6, 6.07) is 3.96. The summed E-state index contributed by atoms with van der Waals surface area (Å²) in [6.07, 6.45) is 3.63. The highest BCUT2D eigenvalue weighted by molar-refractivity contribution is 5.63. The van der Waals surface area contributed by atoms with Gasteiger partial charge in [0.1, 0.15) is 0 Å². The van der Waals surface area contributed by atoms with Crippen LogP contribution in [0.1, 0.15) is 18.2 Å². The lowest BCUT2D eigenvalue weighted by molar-refractivity contribution is 1.05. The Labute approximate surface area is 101 Å². The number of aryl methyl sites for hydroxylation is 2. The molecule has 1 N–H and O–H groups in total. The van der Waals surface area contributed by atoms with Gasteiger partial charge in [-0.05, 0) is 38.5 Å². The van der Waals surface area contributed by atoms with Crippen LogP contribution in [0.3, 0.4) is 0 Å². The van der Waals surface area contributed by atoms with E-state index in [1.165, 1.54) is 5.56 Å². The van der Waals surface area contributed by atoms with Crippen molar-refractivity contribution in [2.24, 2.45) is 0 Å². The van der Waals surface area contributed by atoms with E-state index in [9.17, 15) is 0 Å².